The molecular formula is C11H10F2O4. The van der Waals surface area contributed by atoms with Gasteiger partial charge in [-0.25, -0.2) is 13.6 Å². The van der Waals surface area contributed by atoms with Gasteiger partial charge in [0, 0.05) is 6.61 Å². The number of halogens is 2. The highest BCUT2D eigenvalue weighted by molar-refractivity contribution is 5.79. The number of carbonyl (C=O) groups excluding carboxylic acids is 1. The summed E-state index contributed by atoms with van der Waals surface area (Å²) in [4.78, 5) is 21.3. The van der Waals surface area contributed by atoms with Gasteiger partial charge in [-0.2, -0.15) is 0 Å². The van der Waals surface area contributed by atoms with Gasteiger partial charge in [0.05, 0.1) is 11.1 Å². The number of aliphatic carboxylic acids is 1. The highest BCUT2D eigenvalue weighted by Gasteiger charge is 2.28. The lowest BCUT2D eigenvalue weighted by Gasteiger charge is -2.15. The zero-order valence-corrected chi connectivity index (χ0v) is 8.94. The van der Waals surface area contributed by atoms with Crippen molar-refractivity contribution in [3.05, 3.63) is 34.9 Å². The molecule has 4 nitrogen and oxygen atoms in total. The molecule has 17 heavy (non-hydrogen) atoms. The first-order valence-electron chi connectivity index (χ1n) is 4.80. The predicted molar refractivity (Wildman–Crippen MR) is 53.7 cm³/mol. The number of benzene rings is 1. The zero-order valence-electron chi connectivity index (χ0n) is 8.94. The molecule has 6 heteroatoms. The third-order valence-electron chi connectivity index (χ3n) is 2.10. The van der Waals surface area contributed by atoms with Crippen LogP contribution in [0.4, 0.5) is 8.78 Å². The lowest BCUT2D eigenvalue weighted by Crippen LogP contribution is -2.19. The van der Waals surface area contributed by atoms with E-state index in [0.717, 1.165) is 12.1 Å². The topological polar surface area (TPSA) is 63.6 Å². The summed E-state index contributed by atoms with van der Waals surface area (Å²) in [6.07, 6.45) is -1.58. The Morgan fingerprint density at radius 1 is 1.53 bits per heavy atom. The summed E-state index contributed by atoms with van der Waals surface area (Å²) in [7, 11) is 0. The van der Waals surface area contributed by atoms with Gasteiger partial charge in [-0.15, -0.1) is 0 Å². The normalized spacial score (nSPS) is 12.2. The molecule has 0 bridgehead atoms. The molecule has 92 valence electrons. The maximum Gasteiger partial charge on any atom is 0.337 e. The molecule has 0 fully saturated rings. The Bertz CT molecular complexity index is 445. The van der Waals surface area contributed by atoms with Crippen LogP contribution in [0, 0.1) is 11.6 Å². The van der Waals surface area contributed by atoms with Crippen LogP contribution >= 0.6 is 0 Å². The molecule has 0 aliphatic rings. The Kier molecular flexibility index (Phi) is 4.28. The predicted octanol–water partition coefficient (Wildman–Crippen LogP) is 1.94. The van der Waals surface area contributed by atoms with Gasteiger partial charge in [0.2, 0.25) is 0 Å². The molecule has 0 aliphatic carbocycles. The number of rotatable bonds is 5. The SMILES string of the molecule is CCOC(C(=O)O)c1c(F)ccc(C=O)c1F. The van der Waals surface area contributed by atoms with E-state index in [1.54, 1.807) is 0 Å². The monoisotopic (exact) mass is 244 g/mol. The highest BCUT2D eigenvalue weighted by atomic mass is 19.1. The number of carboxylic acids is 1. The summed E-state index contributed by atoms with van der Waals surface area (Å²) in [5.74, 6) is -3.79. The number of hydrogen-bond donors (Lipinski definition) is 1. The second-order valence-corrected chi connectivity index (χ2v) is 3.16. The van der Waals surface area contributed by atoms with E-state index in [9.17, 15) is 18.4 Å². The molecule has 1 N–H and O–H groups in total. The average molecular weight is 244 g/mol. The van der Waals surface area contributed by atoms with Crippen molar-refractivity contribution in [2.45, 2.75) is 13.0 Å². The van der Waals surface area contributed by atoms with Crippen molar-refractivity contribution in [1.82, 2.24) is 0 Å². The van der Waals surface area contributed by atoms with Crippen LogP contribution in [0.5, 0.6) is 0 Å². The number of hydrogen-bond acceptors (Lipinski definition) is 3. The Hall–Kier alpha value is -1.82. The Labute approximate surface area is 95.8 Å². The summed E-state index contributed by atoms with van der Waals surface area (Å²) in [6, 6.07) is 1.77. The fourth-order valence-electron chi connectivity index (χ4n) is 1.36. The van der Waals surface area contributed by atoms with E-state index in [1.807, 2.05) is 0 Å². The minimum Gasteiger partial charge on any atom is -0.479 e. The lowest BCUT2D eigenvalue weighted by molar-refractivity contribution is -0.151. The molecule has 0 saturated heterocycles. The molecular weight excluding hydrogens is 234 g/mol. The molecule has 1 atom stereocenters. The molecule has 0 heterocycles. The minimum atomic E-state index is -1.76. The molecule has 0 saturated carbocycles. The molecule has 0 radical (unpaired) electrons. The molecule has 1 unspecified atom stereocenters. The summed E-state index contributed by atoms with van der Waals surface area (Å²) in [5.41, 5.74) is -1.17. The smallest absolute Gasteiger partial charge is 0.337 e. The quantitative estimate of drug-likeness (QED) is 0.804. The van der Waals surface area contributed by atoms with Crippen LogP contribution in [-0.2, 0) is 9.53 Å². The first kappa shape index (κ1) is 13.2. The zero-order chi connectivity index (χ0) is 13.0. The molecule has 0 spiro atoms. The van der Waals surface area contributed by atoms with E-state index in [-0.39, 0.29) is 12.9 Å². The van der Waals surface area contributed by atoms with Gasteiger partial charge in [-0.05, 0) is 19.1 Å². The summed E-state index contributed by atoms with van der Waals surface area (Å²) in [6.45, 7) is 1.47. The van der Waals surface area contributed by atoms with Crippen molar-refractivity contribution in [2.75, 3.05) is 6.61 Å². The molecule has 0 aromatic heterocycles. The average Bonchev–Trinajstić information content (AvgIpc) is 2.28. The summed E-state index contributed by atoms with van der Waals surface area (Å²) in [5, 5.41) is 8.82. The molecule has 1 rings (SSSR count). The summed E-state index contributed by atoms with van der Waals surface area (Å²) < 4.78 is 31.8. The van der Waals surface area contributed by atoms with Gasteiger partial charge in [0.25, 0.3) is 0 Å². The van der Waals surface area contributed by atoms with E-state index in [0.29, 0.717) is 0 Å². The fourth-order valence-corrected chi connectivity index (χ4v) is 1.36. The van der Waals surface area contributed by atoms with Crippen LogP contribution in [0.15, 0.2) is 12.1 Å². The van der Waals surface area contributed by atoms with Crippen molar-refractivity contribution in [1.29, 1.82) is 0 Å². The molecule has 0 amide bonds. The molecule has 1 aromatic carbocycles. The van der Waals surface area contributed by atoms with Crippen LogP contribution in [-0.4, -0.2) is 24.0 Å². The van der Waals surface area contributed by atoms with Crippen molar-refractivity contribution in [3.8, 4) is 0 Å². The van der Waals surface area contributed by atoms with Gasteiger partial charge in [0.15, 0.2) is 12.4 Å². The van der Waals surface area contributed by atoms with E-state index in [2.05, 4.69) is 0 Å². The number of ether oxygens (including phenoxy) is 1. The van der Waals surface area contributed by atoms with Gasteiger partial charge >= 0.3 is 5.97 Å². The third kappa shape index (κ3) is 2.65. The standard InChI is InChI=1S/C11H10F2O4/c1-2-17-10(11(15)16)8-7(12)4-3-6(5-14)9(8)13/h3-5,10H,2H2,1H3,(H,15,16). The Balaban J connectivity index is 3.35. The maximum absolute atomic E-state index is 13.7. The summed E-state index contributed by atoms with van der Waals surface area (Å²) >= 11 is 0. The Morgan fingerprint density at radius 2 is 2.18 bits per heavy atom. The van der Waals surface area contributed by atoms with E-state index in [4.69, 9.17) is 9.84 Å². The second-order valence-electron chi connectivity index (χ2n) is 3.16. The van der Waals surface area contributed by atoms with E-state index < -0.39 is 34.8 Å². The lowest BCUT2D eigenvalue weighted by atomic mass is 10.0. The van der Waals surface area contributed by atoms with Crippen LogP contribution in [0.1, 0.15) is 28.9 Å². The number of carbonyl (C=O) groups is 2. The van der Waals surface area contributed by atoms with E-state index in [1.165, 1.54) is 6.92 Å². The van der Waals surface area contributed by atoms with Gasteiger partial charge in [-0.1, -0.05) is 0 Å². The highest BCUT2D eigenvalue weighted by Crippen LogP contribution is 2.26. The Morgan fingerprint density at radius 3 is 2.65 bits per heavy atom. The minimum absolute atomic E-state index is 0.0266. The van der Waals surface area contributed by atoms with Crippen molar-refractivity contribution in [3.63, 3.8) is 0 Å². The third-order valence-corrected chi connectivity index (χ3v) is 2.10. The number of carboxylic acid groups (broad SMARTS) is 1. The van der Waals surface area contributed by atoms with Crippen molar-refractivity contribution in [2.24, 2.45) is 0 Å². The number of aldehydes is 1. The van der Waals surface area contributed by atoms with Gasteiger partial charge in [0.1, 0.15) is 11.6 Å². The van der Waals surface area contributed by atoms with Gasteiger partial charge < -0.3 is 9.84 Å². The second kappa shape index (κ2) is 5.49. The van der Waals surface area contributed by atoms with Crippen molar-refractivity contribution < 1.29 is 28.2 Å². The van der Waals surface area contributed by atoms with E-state index >= 15 is 0 Å². The fraction of sp³-hybridized carbons (Fsp3) is 0.273. The molecule has 0 aliphatic heterocycles. The van der Waals surface area contributed by atoms with Crippen LogP contribution in [0.25, 0.3) is 0 Å². The van der Waals surface area contributed by atoms with Crippen molar-refractivity contribution >= 4 is 12.3 Å². The van der Waals surface area contributed by atoms with Crippen LogP contribution in [0.3, 0.4) is 0 Å². The largest absolute Gasteiger partial charge is 0.479 e. The van der Waals surface area contributed by atoms with Crippen LogP contribution in [0.2, 0.25) is 0 Å². The van der Waals surface area contributed by atoms with Crippen LogP contribution < -0.4 is 0 Å². The molecule has 1 aromatic rings. The van der Waals surface area contributed by atoms with Gasteiger partial charge in [-0.3, -0.25) is 4.79 Å². The maximum atomic E-state index is 13.7. The first-order chi connectivity index (χ1) is 8.02. The first-order valence-corrected chi connectivity index (χ1v) is 4.80.